The van der Waals surface area contributed by atoms with Gasteiger partial charge in [0.15, 0.2) is 0 Å². The number of para-hydroxylation sites is 1. The highest BCUT2D eigenvalue weighted by Gasteiger charge is 2.05. The van der Waals surface area contributed by atoms with Crippen LogP contribution in [0, 0.1) is 0 Å². The highest BCUT2D eigenvalue weighted by molar-refractivity contribution is 5.45. The lowest BCUT2D eigenvalue weighted by atomic mass is 10.3. The molecule has 1 aromatic rings. The summed E-state index contributed by atoms with van der Waals surface area (Å²) >= 11 is 0. The van der Waals surface area contributed by atoms with E-state index < -0.39 is 0 Å². The third kappa shape index (κ3) is 7.19. The van der Waals surface area contributed by atoms with Gasteiger partial charge in [0.25, 0.3) is 0 Å². The van der Waals surface area contributed by atoms with E-state index in [1.807, 2.05) is 6.07 Å². The molecule has 0 aliphatic heterocycles. The average Bonchev–Trinajstić information content (AvgIpc) is 2.46. The molecule has 1 aromatic carbocycles. The second-order valence-corrected chi connectivity index (χ2v) is 4.55. The first-order valence-electron chi connectivity index (χ1n) is 7.34. The molecule has 0 N–H and O–H groups in total. The molecule has 19 heavy (non-hydrogen) atoms. The van der Waals surface area contributed by atoms with E-state index in [4.69, 9.17) is 9.47 Å². The van der Waals surface area contributed by atoms with Crippen molar-refractivity contribution in [2.45, 2.75) is 26.7 Å². The molecule has 0 saturated heterocycles. The maximum atomic E-state index is 5.58. The van der Waals surface area contributed by atoms with Crippen LogP contribution in [-0.4, -0.2) is 39.5 Å². The summed E-state index contributed by atoms with van der Waals surface area (Å²) in [6.07, 6.45) is 2.15. The molecule has 1 rings (SSSR count). The monoisotopic (exact) mass is 265 g/mol. The molecule has 0 saturated carbocycles. The first-order valence-corrected chi connectivity index (χ1v) is 7.34. The maximum absolute atomic E-state index is 5.58. The summed E-state index contributed by atoms with van der Waals surface area (Å²) in [6.45, 7) is 9.33. The average molecular weight is 265 g/mol. The summed E-state index contributed by atoms with van der Waals surface area (Å²) in [7, 11) is 0. The lowest BCUT2D eigenvalue weighted by molar-refractivity contribution is 0.129. The molecular formula is C16H27NO2. The number of benzene rings is 1. The highest BCUT2D eigenvalue weighted by atomic mass is 16.5. The summed E-state index contributed by atoms with van der Waals surface area (Å²) in [4.78, 5) is 2.32. The van der Waals surface area contributed by atoms with Crippen molar-refractivity contribution in [1.82, 2.24) is 0 Å². The van der Waals surface area contributed by atoms with Crippen LogP contribution in [0.3, 0.4) is 0 Å². The van der Waals surface area contributed by atoms with Crippen molar-refractivity contribution in [1.29, 1.82) is 0 Å². The van der Waals surface area contributed by atoms with Gasteiger partial charge in [-0.25, -0.2) is 0 Å². The molecule has 0 aromatic heterocycles. The minimum Gasteiger partial charge on any atom is -0.380 e. The van der Waals surface area contributed by atoms with Crippen LogP contribution in [0.25, 0.3) is 0 Å². The predicted molar refractivity (Wildman–Crippen MR) is 80.9 cm³/mol. The zero-order valence-electron chi connectivity index (χ0n) is 12.3. The van der Waals surface area contributed by atoms with Gasteiger partial charge in [0.2, 0.25) is 0 Å². The number of nitrogens with zero attached hydrogens (tertiary/aromatic N) is 1. The van der Waals surface area contributed by atoms with Crippen molar-refractivity contribution in [3.8, 4) is 0 Å². The third-order valence-electron chi connectivity index (χ3n) is 2.83. The van der Waals surface area contributed by atoms with Gasteiger partial charge in [-0.3, -0.25) is 0 Å². The van der Waals surface area contributed by atoms with Gasteiger partial charge in [-0.05, 0) is 25.0 Å². The van der Waals surface area contributed by atoms with Crippen LogP contribution in [0.4, 0.5) is 5.69 Å². The molecule has 0 spiro atoms. The zero-order chi connectivity index (χ0) is 13.8. The topological polar surface area (TPSA) is 21.7 Å². The van der Waals surface area contributed by atoms with Crippen LogP contribution < -0.4 is 4.90 Å². The Morgan fingerprint density at radius 3 is 1.79 bits per heavy atom. The fraction of sp³-hybridized carbons (Fsp3) is 0.625. The molecular weight excluding hydrogens is 238 g/mol. The Labute approximate surface area is 117 Å². The van der Waals surface area contributed by atoms with E-state index in [1.54, 1.807) is 0 Å². The normalized spacial score (nSPS) is 10.6. The lowest BCUT2D eigenvalue weighted by Crippen LogP contribution is -2.31. The van der Waals surface area contributed by atoms with Gasteiger partial charge in [-0.2, -0.15) is 0 Å². The Balaban J connectivity index is 2.39. The fourth-order valence-electron chi connectivity index (χ4n) is 1.85. The molecule has 3 nitrogen and oxygen atoms in total. The molecule has 0 aliphatic carbocycles. The first kappa shape index (κ1) is 16.0. The molecule has 0 unspecified atom stereocenters. The summed E-state index contributed by atoms with van der Waals surface area (Å²) in [5.41, 5.74) is 1.24. The molecule has 108 valence electrons. The standard InChI is InChI=1S/C16H27NO2/c1-3-12-18-14-10-17(11-15-19-13-4-2)16-8-6-5-7-9-16/h5-9H,3-4,10-15H2,1-2H3. The van der Waals surface area contributed by atoms with Crippen molar-refractivity contribution in [3.63, 3.8) is 0 Å². The van der Waals surface area contributed by atoms with Crippen LogP contribution in [0.15, 0.2) is 30.3 Å². The minimum absolute atomic E-state index is 0.774. The van der Waals surface area contributed by atoms with E-state index in [2.05, 4.69) is 43.0 Å². The van der Waals surface area contributed by atoms with Crippen molar-refractivity contribution < 1.29 is 9.47 Å². The molecule has 0 heterocycles. The number of hydrogen-bond donors (Lipinski definition) is 0. The van der Waals surface area contributed by atoms with Gasteiger partial charge < -0.3 is 14.4 Å². The number of rotatable bonds is 11. The molecule has 0 atom stereocenters. The van der Waals surface area contributed by atoms with Gasteiger partial charge in [0.05, 0.1) is 13.2 Å². The first-order chi connectivity index (χ1) is 9.38. The van der Waals surface area contributed by atoms with Crippen molar-refractivity contribution in [2.24, 2.45) is 0 Å². The van der Waals surface area contributed by atoms with Gasteiger partial charge in [0.1, 0.15) is 0 Å². The highest BCUT2D eigenvalue weighted by Crippen LogP contribution is 2.12. The zero-order valence-corrected chi connectivity index (χ0v) is 12.3. The molecule has 0 fully saturated rings. The Bertz CT molecular complexity index is 291. The van der Waals surface area contributed by atoms with Crippen LogP contribution in [0.5, 0.6) is 0 Å². The van der Waals surface area contributed by atoms with E-state index in [0.717, 1.165) is 52.4 Å². The van der Waals surface area contributed by atoms with Crippen LogP contribution in [0.2, 0.25) is 0 Å². The van der Waals surface area contributed by atoms with E-state index in [-0.39, 0.29) is 0 Å². The largest absolute Gasteiger partial charge is 0.380 e. The summed E-state index contributed by atoms with van der Waals surface area (Å²) < 4.78 is 11.2. The van der Waals surface area contributed by atoms with E-state index >= 15 is 0 Å². The SMILES string of the molecule is CCCOCCN(CCOCCC)c1ccccc1. The van der Waals surface area contributed by atoms with E-state index in [0.29, 0.717) is 0 Å². The van der Waals surface area contributed by atoms with E-state index in [1.165, 1.54) is 5.69 Å². The Morgan fingerprint density at radius 1 is 0.789 bits per heavy atom. The second-order valence-electron chi connectivity index (χ2n) is 4.55. The Hall–Kier alpha value is -1.06. The lowest BCUT2D eigenvalue weighted by Gasteiger charge is -2.24. The third-order valence-corrected chi connectivity index (χ3v) is 2.83. The predicted octanol–water partition coefficient (Wildman–Crippen LogP) is 3.35. The smallest absolute Gasteiger partial charge is 0.0641 e. The van der Waals surface area contributed by atoms with Crippen molar-refractivity contribution in [2.75, 3.05) is 44.4 Å². The van der Waals surface area contributed by atoms with Crippen LogP contribution in [-0.2, 0) is 9.47 Å². The van der Waals surface area contributed by atoms with Gasteiger partial charge in [-0.15, -0.1) is 0 Å². The Morgan fingerprint density at radius 2 is 1.32 bits per heavy atom. The van der Waals surface area contributed by atoms with Crippen molar-refractivity contribution >= 4 is 5.69 Å². The maximum Gasteiger partial charge on any atom is 0.0641 e. The van der Waals surface area contributed by atoms with Crippen LogP contribution in [0.1, 0.15) is 26.7 Å². The van der Waals surface area contributed by atoms with Crippen molar-refractivity contribution in [3.05, 3.63) is 30.3 Å². The summed E-state index contributed by atoms with van der Waals surface area (Å²) in [5, 5.41) is 0. The van der Waals surface area contributed by atoms with Gasteiger partial charge in [0, 0.05) is 32.0 Å². The van der Waals surface area contributed by atoms with Gasteiger partial charge >= 0.3 is 0 Å². The Kier molecular flexibility index (Phi) is 9.11. The number of anilines is 1. The number of ether oxygens (including phenoxy) is 2. The molecule has 3 heteroatoms. The summed E-state index contributed by atoms with van der Waals surface area (Å²) in [6, 6.07) is 10.5. The second kappa shape index (κ2) is 10.8. The minimum atomic E-state index is 0.774. The molecule has 0 amide bonds. The molecule has 0 aliphatic rings. The number of hydrogen-bond acceptors (Lipinski definition) is 3. The van der Waals surface area contributed by atoms with Crippen LogP contribution >= 0.6 is 0 Å². The molecule has 0 bridgehead atoms. The summed E-state index contributed by atoms with van der Waals surface area (Å²) in [5.74, 6) is 0. The quantitative estimate of drug-likeness (QED) is 0.573. The van der Waals surface area contributed by atoms with E-state index in [9.17, 15) is 0 Å². The fourth-order valence-corrected chi connectivity index (χ4v) is 1.85. The van der Waals surface area contributed by atoms with Gasteiger partial charge in [-0.1, -0.05) is 32.0 Å². The molecule has 0 radical (unpaired) electrons.